The van der Waals surface area contributed by atoms with Gasteiger partial charge >= 0.3 is 0 Å². The van der Waals surface area contributed by atoms with Gasteiger partial charge in [0.1, 0.15) is 11.2 Å². The van der Waals surface area contributed by atoms with E-state index in [-0.39, 0.29) is 82.0 Å². The first-order chi connectivity index (χ1) is 25.2. The van der Waals surface area contributed by atoms with Crippen LogP contribution >= 0.6 is 0 Å². The summed E-state index contributed by atoms with van der Waals surface area (Å²) in [6, 6.07) is 31.8. The van der Waals surface area contributed by atoms with E-state index in [0.29, 0.717) is 27.5 Å². The topological polar surface area (TPSA) is 51.8 Å². The number of hydrogen-bond donors (Lipinski definition) is 0. The standard InChI is InChI=1S/C41H25N3O/c1-2-11-27(12-3-1)39-42-40(44-41(43-39)34-18-10-20-37-38(34)33-17-8-9-19-36(33)45-37)28-23-21-26(22-24-28)35-25-29-13-4-5-14-30(29)31-15-6-7-16-32(31)35/h1-25H/i8D,18D,19D,21D,22D,23D,24D. The molecule has 0 amide bonds. The van der Waals surface area contributed by atoms with Crippen molar-refractivity contribution in [3.05, 3.63) is 151 Å². The van der Waals surface area contributed by atoms with Crippen LogP contribution in [0.25, 0.3) is 88.8 Å². The maximum atomic E-state index is 9.30. The van der Waals surface area contributed by atoms with Gasteiger partial charge in [0, 0.05) is 27.5 Å². The minimum atomic E-state index is -0.319. The van der Waals surface area contributed by atoms with Gasteiger partial charge in [0.05, 0.1) is 9.60 Å². The maximum Gasteiger partial charge on any atom is 0.164 e. The second-order valence-electron chi connectivity index (χ2n) is 10.6. The predicted octanol–water partition coefficient (Wildman–Crippen LogP) is 10.7. The third-order valence-electron chi connectivity index (χ3n) is 7.98. The van der Waals surface area contributed by atoms with Gasteiger partial charge in [-0.25, -0.2) is 15.0 Å². The van der Waals surface area contributed by atoms with Crippen LogP contribution in [0, 0.1) is 0 Å². The molecule has 7 aromatic carbocycles. The molecule has 9 rings (SSSR count). The highest BCUT2D eigenvalue weighted by atomic mass is 16.3. The smallest absolute Gasteiger partial charge is 0.164 e. The summed E-state index contributed by atoms with van der Waals surface area (Å²) in [5.41, 5.74) is 2.14. The zero-order valence-electron chi connectivity index (χ0n) is 30.6. The molecule has 4 heteroatoms. The number of aromatic nitrogens is 3. The highest BCUT2D eigenvalue weighted by molar-refractivity contribution is 6.14. The van der Waals surface area contributed by atoms with Gasteiger partial charge < -0.3 is 4.42 Å². The van der Waals surface area contributed by atoms with Crippen molar-refractivity contribution >= 4 is 43.5 Å². The summed E-state index contributed by atoms with van der Waals surface area (Å²) in [6.07, 6.45) is 0. The second kappa shape index (κ2) is 10.2. The fraction of sp³-hybridized carbons (Fsp3) is 0. The third kappa shape index (κ3) is 4.27. The molecule has 45 heavy (non-hydrogen) atoms. The number of benzene rings is 7. The monoisotopic (exact) mass is 582 g/mol. The molecule has 4 nitrogen and oxygen atoms in total. The SMILES string of the molecule is [2H]c1cc([2H])c2oc3ccc([2H])c(-c4nc(-c5ccccc5)nc(-c5c([2H])c([2H])c(-c6cc7ccccc7c7ccccc67)c([2H])c5[2H])n4)c3c2c1. The zero-order chi connectivity index (χ0) is 35.8. The van der Waals surface area contributed by atoms with E-state index in [1.54, 1.807) is 24.3 Å². The van der Waals surface area contributed by atoms with Crippen LogP contribution in [-0.4, -0.2) is 15.0 Å². The lowest BCUT2D eigenvalue weighted by molar-refractivity contribution is 0.669. The molecule has 2 heterocycles. The Balaban J connectivity index is 1.33. The number of rotatable bonds is 4. The van der Waals surface area contributed by atoms with Crippen LogP contribution in [0.15, 0.2) is 156 Å². The van der Waals surface area contributed by atoms with Gasteiger partial charge in [0.25, 0.3) is 0 Å². The molecule has 0 aliphatic carbocycles. The molecule has 9 aromatic rings. The zero-order valence-corrected chi connectivity index (χ0v) is 23.6. The maximum absolute atomic E-state index is 9.30. The van der Waals surface area contributed by atoms with Crippen molar-refractivity contribution in [2.75, 3.05) is 0 Å². The van der Waals surface area contributed by atoms with Crippen molar-refractivity contribution in [2.24, 2.45) is 0 Å². The normalized spacial score (nSPS) is 13.7. The lowest BCUT2D eigenvalue weighted by Gasteiger charge is -2.12. The summed E-state index contributed by atoms with van der Waals surface area (Å²) < 4.78 is 68.9. The summed E-state index contributed by atoms with van der Waals surface area (Å²) >= 11 is 0. The molecular formula is C41H25N3O. The lowest BCUT2D eigenvalue weighted by atomic mass is 9.93. The molecular weight excluding hydrogens is 550 g/mol. The molecule has 0 saturated heterocycles. The average Bonchev–Trinajstić information content (AvgIpc) is 3.53. The number of furan rings is 1. The fourth-order valence-corrected chi connectivity index (χ4v) is 5.90. The minimum absolute atomic E-state index is 0.0282. The molecule has 0 unspecified atom stereocenters. The van der Waals surface area contributed by atoms with E-state index in [2.05, 4.69) is 0 Å². The van der Waals surface area contributed by atoms with E-state index in [1.807, 2.05) is 72.8 Å². The van der Waals surface area contributed by atoms with Gasteiger partial charge in [-0.2, -0.15) is 0 Å². The summed E-state index contributed by atoms with van der Waals surface area (Å²) in [4.78, 5) is 14.2. The van der Waals surface area contributed by atoms with E-state index < -0.39 is 0 Å². The first-order valence-electron chi connectivity index (χ1n) is 18.0. The van der Waals surface area contributed by atoms with Crippen molar-refractivity contribution in [3.63, 3.8) is 0 Å². The van der Waals surface area contributed by atoms with Crippen LogP contribution in [0.5, 0.6) is 0 Å². The highest BCUT2D eigenvalue weighted by Gasteiger charge is 2.18. The Morgan fingerprint density at radius 2 is 1.13 bits per heavy atom. The Morgan fingerprint density at radius 3 is 1.98 bits per heavy atom. The van der Waals surface area contributed by atoms with Crippen LogP contribution in [0.1, 0.15) is 9.60 Å². The predicted molar refractivity (Wildman–Crippen MR) is 184 cm³/mol. The third-order valence-corrected chi connectivity index (χ3v) is 7.98. The number of nitrogens with zero attached hydrogens (tertiary/aromatic N) is 3. The number of hydrogen-bond acceptors (Lipinski definition) is 4. The van der Waals surface area contributed by atoms with Gasteiger partial charge in [-0.15, -0.1) is 0 Å². The molecule has 0 radical (unpaired) electrons. The van der Waals surface area contributed by atoms with E-state index in [9.17, 15) is 5.48 Å². The number of para-hydroxylation sites is 1. The Kier molecular flexibility index (Phi) is 4.38. The van der Waals surface area contributed by atoms with Crippen molar-refractivity contribution in [3.8, 4) is 45.3 Å². The summed E-state index contributed by atoms with van der Waals surface area (Å²) in [5, 5.41) is 4.57. The Labute approximate surface area is 269 Å². The largest absolute Gasteiger partial charge is 0.456 e. The molecule has 0 spiro atoms. The van der Waals surface area contributed by atoms with Crippen LogP contribution in [0.3, 0.4) is 0 Å². The quantitative estimate of drug-likeness (QED) is 0.194. The van der Waals surface area contributed by atoms with Crippen molar-refractivity contribution in [1.82, 2.24) is 15.0 Å². The van der Waals surface area contributed by atoms with Gasteiger partial charge in [0.2, 0.25) is 0 Å². The number of fused-ring (bicyclic) bond motifs is 6. The van der Waals surface area contributed by atoms with Gasteiger partial charge in [-0.05, 0) is 50.8 Å². The van der Waals surface area contributed by atoms with E-state index in [1.165, 1.54) is 12.1 Å². The molecule has 210 valence electrons. The fourth-order valence-electron chi connectivity index (χ4n) is 5.90. The molecule has 0 bridgehead atoms. The minimum Gasteiger partial charge on any atom is -0.456 e. The van der Waals surface area contributed by atoms with E-state index in [0.717, 1.165) is 21.5 Å². The first kappa shape index (κ1) is 19.2. The Morgan fingerprint density at radius 1 is 0.444 bits per heavy atom. The lowest BCUT2D eigenvalue weighted by Crippen LogP contribution is -2.00. The van der Waals surface area contributed by atoms with Crippen LogP contribution < -0.4 is 0 Å². The molecule has 0 atom stereocenters. The molecule has 0 fully saturated rings. The second-order valence-corrected chi connectivity index (χ2v) is 10.6. The van der Waals surface area contributed by atoms with Crippen molar-refractivity contribution in [2.45, 2.75) is 0 Å². The van der Waals surface area contributed by atoms with Crippen molar-refractivity contribution < 1.29 is 14.0 Å². The van der Waals surface area contributed by atoms with Crippen LogP contribution in [0.4, 0.5) is 0 Å². The summed E-state index contributed by atoms with van der Waals surface area (Å²) in [6.45, 7) is 0. The average molecular weight is 583 g/mol. The van der Waals surface area contributed by atoms with E-state index in [4.69, 9.17) is 23.5 Å². The van der Waals surface area contributed by atoms with Crippen LogP contribution in [0.2, 0.25) is 0 Å². The van der Waals surface area contributed by atoms with Gasteiger partial charge in [0.15, 0.2) is 17.5 Å². The summed E-state index contributed by atoms with van der Waals surface area (Å²) in [7, 11) is 0. The summed E-state index contributed by atoms with van der Waals surface area (Å²) in [5.74, 6) is 0.154. The van der Waals surface area contributed by atoms with Crippen molar-refractivity contribution in [1.29, 1.82) is 0 Å². The molecule has 2 aromatic heterocycles. The van der Waals surface area contributed by atoms with Gasteiger partial charge in [-0.1, -0.05) is 133 Å². The molecule has 0 saturated carbocycles. The highest BCUT2D eigenvalue weighted by Crippen LogP contribution is 2.38. The molecule has 0 aliphatic rings. The Hall–Kier alpha value is -6.13. The first-order valence-corrected chi connectivity index (χ1v) is 14.5. The van der Waals surface area contributed by atoms with Crippen LogP contribution in [-0.2, 0) is 0 Å². The Bertz CT molecular complexity index is 2920. The van der Waals surface area contributed by atoms with E-state index >= 15 is 0 Å². The van der Waals surface area contributed by atoms with Gasteiger partial charge in [-0.3, -0.25) is 0 Å². The molecule has 0 N–H and O–H groups in total. The molecule has 0 aliphatic heterocycles.